The summed E-state index contributed by atoms with van der Waals surface area (Å²) >= 11 is 0. The molecule has 9 heteroatoms. The van der Waals surface area contributed by atoms with Gasteiger partial charge >= 0.3 is 6.18 Å². The Kier molecular flexibility index (Phi) is 4.31. The van der Waals surface area contributed by atoms with Gasteiger partial charge < -0.3 is 5.32 Å². The average Bonchev–Trinajstić information content (AvgIpc) is 3.09. The van der Waals surface area contributed by atoms with Gasteiger partial charge in [0.2, 0.25) is 0 Å². The molecule has 0 aliphatic rings. The van der Waals surface area contributed by atoms with E-state index in [-0.39, 0.29) is 0 Å². The van der Waals surface area contributed by atoms with Crippen molar-refractivity contribution in [2.24, 2.45) is 7.05 Å². The van der Waals surface area contributed by atoms with Crippen LogP contribution in [0, 0.1) is 13.8 Å². The summed E-state index contributed by atoms with van der Waals surface area (Å²) < 4.78 is 41.7. The number of halogens is 3. The van der Waals surface area contributed by atoms with Crippen LogP contribution in [0.2, 0.25) is 0 Å². The highest BCUT2D eigenvalue weighted by Crippen LogP contribution is 2.31. The first-order valence-corrected chi connectivity index (χ1v) is 7.71. The Morgan fingerprint density at radius 1 is 1.15 bits per heavy atom. The van der Waals surface area contributed by atoms with Crippen LogP contribution in [0.15, 0.2) is 36.5 Å². The smallest absolute Gasteiger partial charge is 0.322 e. The molecule has 0 saturated heterocycles. The molecule has 0 spiro atoms. The van der Waals surface area contributed by atoms with Crippen LogP contribution in [0.1, 0.15) is 27.4 Å². The fourth-order valence-corrected chi connectivity index (χ4v) is 2.67. The van der Waals surface area contributed by atoms with E-state index in [1.165, 1.54) is 7.05 Å². The molecule has 0 fully saturated rings. The summed E-state index contributed by atoms with van der Waals surface area (Å²) in [7, 11) is 1.33. The number of benzene rings is 1. The number of carbonyl (C=O) groups excluding carboxylic acids is 1. The Balaban J connectivity index is 1.90. The van der Waals surface area contributed by atoms with Crippen molar-refractivity contribution in [2.75, 3.05) is 5.32 Å². The van der Waals surface area contributed by atoms with Crippen molar-refractivity contribution in [1.82, 2.24) is 19.6 Å². The molecule has 0 aliphatic heterocycles. The Hall–Kier alpha value is -3.10. The Morgan fingerprint density at radius 3 is 2.50 bits per heavy atom. The molecular weight excluding hydrogens is 347 g/mol. The third-order valence-electron chi connectivity index (χ3n) is 3.70. The zero-order valence-electron chi connectivity index (χ0n) is 14.3. The molecule has 0 aliphatic carbocycles. The molecule has 3 rings (SSSR count). The fraction of sp³-hybridized carbons (Fsp3) is 0.235. The number of aromatic nitrogens is 4. The molecule has 2 aromatic heterocycles. The second-order valence-corrected chi connectivity index (χ2v) is 5.91. The molecule has 1 aromatic carbocycles. The van der Waals surface area contributed by atoms with Crippen LogP contribution >= 0.6 is 0 Å². The van der Waals surface area contributed by atoms with Crippen LogP contribution in [0.25, 0.3) is 5.69 Å². The number of rotatable bonds is 3. The van der Waals surface area contributed by atoms with E-state index >= 15 is 0 Å². The van der Waals surface area contributed by atoms with E-state index in [2.05, 4.69) is 15.5 Å². The second kappa shape index (κ2) is 6.32. The SMILES string of the molecule is Cc1cc(C)n(-c2cccc(NC(=O)c3cn(C)nc3C(F)(F)F)c2)n1. The minimum absolute atomic E-state index is 0.358. The van der Waals surface area contributed by atoms with Gasteiger partial charge in [0.05, 0.1) is 16.9 Å². The molecule has 0 saturated carbocycles. The standard InChI is InChI=1S/C17H16F3N5O/c1-10-7-11(2)25(22-10)13-6-4-5-12(8-13)21-16(26)14-9-24(3)23-15(14)17(18,19)20/h4-9H,1-3H3,(H,21,26). The minimum atomic E-state index is -4.71. The van der Waals surface area contributed by atoms with Gasteiger partial charge in [0.15, 0.2) is 5.69 Å². The zero-order chi connectivity index (χ0) is 19.1. The van der Waals surface area contributed by atoms with Gasteiger partial charge in [-0.25, -0.2) is 4.68 Å². The largest absolute Gasteiger partial charge is 0.435 e. The van der Waals surface area contributed by atoms with Crippen molar-refractivity contribution < 1.29 is 18.0 Å². The van der Waals surface area contributed by atoms with E-state index < -0.39 is 23.3 Å². The Morgan fingerprint density at radius 2 is 1.88 bits per heavy atom. The molecule has 26 heavy (non-hydrogen) atoms. The van der Waals surface area contributed by atoms with Gasteiger partial charge in [0.1, 0.15) is 0 Å². The molecular formula is C17H16F3N5O. The van der Waals surface area contributed by atoms with Crippen molar-refractivity contribution in [3.63, 3.8) is 0 Å². The van der Waals surface area contributed by atoms with Gasteiger partial charge in [-0.15, -0.1) is 0 Å². The zero-order valence-corrected chi connectivity index (χ0v) is 14.3. The van der Waals surface area contributed by atoms with Crippen LogP contribution in [0.3, 0.4) is 0 Å². The van der Waals surface area contributed by atoms with E-state index in [9.17, 15) is 18.0 Å². The van der Waals surface area contributed by atoms with E-state index in [1.807, 2.05) is 19.9 Å². The van der Waals surface area contributed by atoms with Gasteiger partial charge in [-0.2, -0.15) is 23.4 Å². The molecule has 3 aromatic rings. The van der Waals surface area contributed by atoms with Crippen molar-refractivity contribution >= 4 is 11.6 Å². The number of hydrogen-bond acceptors (Lipinski definition) is 3. The maximum absolute atomic E-state index is 13.0. The van der Waals surface area contributed by atoms with Gasteiger partial charge in [-0.3, -0.25) is 9.48 Å². The number of anilines is 1. The van der Waals surface area contributed by atoms with Crippen LogP contribution in [0.5, 0.6) is 0 Å². The van der Waals surface area contributed by atoms with Crippen LogP contribution in [0.4, 0.5) is 18.9 Å². The van der Waals surface area contributed by atoms with E-state index in [0.29, 0.717) is 11.4 Å². The van der Waals surface area contributed by atoms with Gasteiger partial charge in [0.25, 0.3) is 5.91 Å². The number of nitrogens with one attached hydrogen (secondary N) is 1. The molecule has 0 unspecified atom stereocenters. The quantitative estimate of drug-likeness (QED) is 0.775. The van der Waals surface area contributed by atoms with Crippen LogP contribution in [-0.4, -0.2) is 25.5 Å². The molecule has 136 valence electrons. The minimum Gasteiger partial charge on any atom is -0.322 e. The summed E-state index contributed by atoms with van der Waals surface area (Å²) in [6.07, 6.45) is -3.66. The van der Waals surface area contributed by atoms with Crippen molar-refractivity contribution in [1.29, 1.82) is 0 Å². The highest BCUT2D eigenvalue weighted by Gasteiger charge is 2.39. The summed E-state index contributed by atoms with van der Waals surface area (Å²) in [6.45, 7) is 3.74. The molecule has 0 radical (unpaired) electrons. The summed E-state index contributed by atoms with van der Waals surface area (Å²) in [5, 5.41) is 10.2. The second-order valence-electron chi connectivity index (χ2n) is 5.91. The Labute approximate surface area is 147 Å². The van der Waals surface area contributed by atoms with Gasteiger partial charge in [0, 0.05) is 24.6 Å². The molecule has 1 N–H and O–H groups in total. The summed E-state index contributed by atoms with van der Waals surface area (Å²) in [4.78, 5) is 12.3. The lowest BCUT2D eigenvalue weighted by Gasteiger charge is -2.10. The summed E-state index contributed by atoms with van der Waals surface area (Å²) in [6, 6.07) is 8.61. The predicted octanol–water partition coefficient (Wildman–Crippen LogP) is 3.49. The van der Waals surface area contributed by atoms with E-state index in [4.69, 9.17) is 0 Å². The molecule has 1 amide bonds. The first-order chi connectivity index (χ1) is 12.1. The Bertz CT molecular complexity index is 971. The number of hydrogen-bond donors (Lipinski definition) is 1. The predicted molar refractivity (Wildman–Crippen MR) is 89.2 cm³/mol. The van der Waals surface area contributed by atoms with Gasteiger partial charge in [-0.05, 0) is 38.1 Å². The first kappa shape index (κ1) is 17.7. The monoisotopic (exact) mass is 363 g/mol. The average molecular weight is 363 g/mol. The maximum atomic E-state index is 13.0. The van der Waals surface area contributed by atoms with Crippen LogP contribution in [-0.2, 0) is 13.2 Å². The van der Waals surface area contributed by atoms with Crippen molar-refractivity contribution in [2.45, 2.75) is 20.0 Å². The number of carbonyl (C=O) groups is 1. The normalized spacial score (nSPS) is 11.6. The fourth-order valence-electron chi connectivity index (χ4n) is 2.67. The lowest BCUT2D eigenvalue weighted by atomic mass is 10.2. The number of aryl methyl sites for hydroxylation is 3. The highest BCUT2D eigenvalue weighted by molar-refractivity contribution is 6.05. The topological polar surface area (TPSA) is 64.7 Å². The summed E-state index contributed by atoms with van der Waals surface area (Å²) in [5.41, 5.74) is 1.04. The van der Waals surface area contributed by atoms with Crippen molar-refractivity contribution in [3.05, 3.63) is 59.2 Å². The third kappa shape index (κ3) is 3.46. The van der Waals surface area contributed by atoms with E-state index in [1.54, 1.807) is 28.9 Å². The van der Waals surface area contributed by atoms with Crippen LogP contribution < -0.4 is 5.32 Å². The molecule has 6 nitrogen and oxygen atoms in total. The highest BCUT2D eigenvalue weighted by atomic mass is 19.4. The molecule has 0 atom stereocenters. The van der Waals surface area contributed by atoms with E-state index in [0.717, 1.165) is 22.3 Å². The third-order valence-corrected chi connectivity index (χ3v) is 3.70. The van der Waals surface area contributed by atoms with Crippen molar-refractivity contribution in [3.8, 4) is 5.69 Å². The number of amides is 1. The summed E-state index contributed by atoms with van der Waals surface area (Å²) in [5.74, 6) is -0.879. The lowest BCUT2D eigenvalue weighted by molar-refractivity contribution is -0.141. The maximum Gasteiger partial charge on any atom is 0.435 e. The van der Waals surface area contributed by atoms with Gasteiger partial charge in [-0.1, -0.05) is 6.07 Å². The first-order valence-electron chi connectivity index (χ1n) is 7.71. The lowest BCUT2D eigenvalue weighted by Crippen LogP contribution is -2.18. The number of alkyl halides is 3. The number of nitrogens with zero attached hydrogens (tertiary/aromatic N) is 4. The molecule has 0 bridgehead atoms. The molecule has 2 heterocycles.